The number of carbonyl (C=O) groups is 1. The third-order valence-corrected chi connectivity index (χ3v) is 3.06. The van der Waals surface area contributed by atoms with Crippen molar-refractivity contribution in [2.45, 2.75) is 13.8 Å². The van der Waals surface area contributed by atoms with Gasteiger partial charge in [0.25, 0.3) is 0 Å². The molecule has 1 aromatic heterocycles. The van der Waals surface area contributed by atoms with Gasteiger partial charge in [0, 0.05) is 23.6 Å². The number of carboxylic acid groups (broad SMARTS) is 1. The molecular formula is C12H13NO2. The third-order valence-electron chi connectivity index (χ3n) is 3.06. The van der Waals surface area contributed by atoms with Crippen molar-refractivity contribution < 1.29 is 9.90 Å². The number of aryl methyl sites for hydroxylation is 2. The molecule has 2 aromatic rings. The molecule has 0 fully saturated rings. The van der Waals surface area contributed by atoms with E-state index in [0.717, 1.165) is 22.2 Å². The highest BCUT2D eigenvalue weighted by Crippen LogP contribution is 2.27. The first-order chi connectivity index (χ1) is 7.04. The van der Waals surface area contributed by atoms with Gasteiger partial charge in [-0.15, -0.1) is 0 Å². The van der Waals surface area contributed by atoms with Crippen molar-refractivity contribution in [3.05, 3.63) is 35.0 Å². The van der Waals surface area contributed by atoms with Crippen LogP contribution in [0.15, 0.2) is 18.2 Å². The minimum absolute atomic E-state index is 0.383. The second-order valence-electron chi connectivity index (χ2n) is 3.77. The SMILES string of the molecule is Cc1c(C)n(C)c2cccc(C(=O)O)c12. The van der Waals surface area contributed by atoms with Crippen LogP contribution in [0.2, 0.25) is 0 Å². The molecule has 0 saturated carbocycles. The van der Waals surface area contributed by atoms with Gasteiger partial charge in [0.15, 0.2) is 0 Å². The first kappa shape index (κ1) is 9.77. The summed E-state index contributed by atoms with van der Waals surface area (Å²) in [4.78, 5) is 11.1. The van der Waals surface area contributed by atoms with E-state index >= 15 is 0 Å². The van der Waals surface area contributed by atoms with Crippen molar-refractivity contribution in [3.8, 4) is 0 Å². The average molecular weight is 203 g/mol. The standard InChI is InChI=1S/C12H13NO2/c1-7-8(2)13(3)10-6-4-5-9(11(7)10)12(14)15/h4-6H,1-3H3,(H,14,15). The van der Waals surface area contributed by atoms with Crippen LogP contribution in [-0.2, 0) is 7.05 Å². The molecule has 78 valence electrons. The van der Waals surface area contributed by atoms with Gasteiger partial charge in [-0.2, -0.15) is 0 Å². The maximum absolute atomic E-state index is 11.1. The van der Waals surface area contributed by atoms with Crippen LogP contribution >= 0.6 is 0 Å². The quantitative estimate of drug-likeness (QED) is 0.773. The fraction of sp³-hybridized carbons (Fsp3) is 0.250. The Labute approximate surface area is 87.9 Å². The number of fused-ring (bicyclic) bond motifs is 1. The number of hydrogen-bond donors (Lipinski definition) is 1. The van der Waals surface area contributed by atoms with Crippen molar-refractivity contribution in [3.63, 3.8) is 0 Å². The average Bonchev–Trinajstić information content (AvgIpc) is 2.44. The number of rotatable bonds is 1. The topological polar surface area (TPSA) is 42.2 Å². The fourth-order valence-electron chi connectivity index (χ4n) is 2.01. The molecule has 0 unspecified atom stereocenters. The number of aromatic carboxylic acids is 1. The number of nitrogens with zero attached hydrogens (tertiary/aromatic N) is 1. The summed E-state index contributed by atoms with van der Waals surface area (Å²) >= 11 is 0. The molecular weight excluding hydrogens is 190 g/mol. The van der Waals surface area contributed by atoms with Crippen molar-refractivity contribution in [2.75, 3.05) is 0 Å². The van der Waals surface area contributed by atoms with Gasteiger partial charge in [0.05, 0.1) is 5.56 Å². The second-order valence-corrected chi connectivity index (χ2v) is 3.77. The van der Waals surface area contributed by atoms with E-state index in [1.165, 1.54) is 0 Å². The Bertz CT molecular complexity index is 552. The molecule has 15 heavy (non-hydrogen) atoms. The van der Waals surface area contributed by atoms with Gasteiger partial charge >= 0.3 is 5.97 Å². The van der Waals surface area contributed by atoms with E-state index in [4.69, 9.17) is 5.11 Å². The molecule has 0 aliphatic heterocycles. The Morgan fingerprint density at radius 1 is 1.33 bits per heavy atom. The largest absolute Gasteiger partial charge is 0.478 e. The molecule has 0 amide bonds. The lowest BCUT2D eigenvalue weighted by Crippen LogP contribution is -1.97. The van der Waals surface area contributed by atoms with Crippen LogP contribution in [0.4, 0.5) is 0 Å². The van der Waals surface area contributed by atoms with Crippen LogP contribution < -0.4 is 0 Å². The minimum atomic E-state index is -0.866. The lowest BCUT2D eigenvalue weighted by molar-refractivity contribution is 0.0699. The van der Waals surface area contributed by atoms with Gasteiger partial charge < -0.3 is 9.67 Å². The molecule has 0 bridgehead atoms. The number of carboxylic acids is 1. The Balaban J connectivity index is 2.98. The highest BCUT2D eigenvalue weighted by molar-refractivity contribution is 6.04. The summed E-state index contributed by atoms with van der Waals surface area (Å²) in [5.41, 5.74) is 3.52. The van der Waals surface area contributed by atoms with Crippen LogP contribution in [0.5, 0.6) is 0 Å². The molecule has 0 aliphatic carbocycles. The van der Waals surface area contributed by atoms with Crippen molar-refractivity contribution in [2.24, 2.45) is 7.05 Å². The molecule has 0 radical (unpaired) electrons. The molecule has 3 nitrogen and oxygen atoms in total. The van der Waals surface area contributed by atoms with E-state index in [1.54, 1.807) is 12.1 Å². The Morgan fingerprint density at radius 3 is 2.60 bits per heavy atom. The lowest BCUT2D eigenvalue weighted by atomic mass is 10.1. The van der Waals surface area contributed by atoms with E-state index in [9.17, 15) is 4.79 Å². The predicted octanol–water partition coefficient (Wildman–Crippen LogP) is 2.49. The fourth-order valence-corrected chi connectivity index (χ4v) is 2.01. The first-order valence-electron chi connectivity index (χ1n) is 4.82. The number of benzene rings is 1. The van der Waals surface area contributed by atoms with Gasteiger partial charge in [-0.25, -0.2) is 4.79 Å². The zero-order chi connectivity index (χ0) is 11.2. The van der Waals surface area contributed by atoms with E-state index < -0.39 is 5.97 Å². The molecule has 0 saturated heterocycles. The van der Waals surface area contributed by atoms with Crippen LogP contribution in [-0.4, -0.2) is 15.6 Å². The maximum atomic E-state index is 11.1. The second kappa shape index (κ2) is 3.12. The maximum Gasteiger partial charge on any atom is 0.336 e. The molecule has 1 heterocycles. The third kappa shape index (κ3) is 1.23. The van der Waals surface area contributed by atoms with Gasteiger partial charge in [0.1, 0.15) is 0 Å². The van der Waals surface area contributed by atoms with Gasteiger partial charge in [-0.05, 0) is 31.5 Å². The van der Waals surface area contributed by atoms with E-state index in [0.29, 0.717) is 5.56 Å². The molecule has 0 spiro atoms. The molecule has 2 rings (SSSR count). The summed E-state index contributed by atoms with van der Waals surface area (Å²) in [7, 11) is 1.95. The molecule has 0 aliphatic rings. The minimum Gasteiger partial charge on any atom is -0.478 e. The summed E-state index contributed by atoms with van der Waals surface area (Å²) in [6.45, 7) is 3.96. The Kier molecular flexibility index (Phi) is 2.03. The van der Waals surface area contributed by atoms with Gasteiger partial charge in [0.2, 0.25) is 0 Å². The molecule has 0 atom stereocenters. The van der Waals surface area contributed by atoms with Gasteiger partial charge in [-0.1, -0.05) is 6.07 Å². The molecule has 3 heteroatoms. The van der Waals surface area contributed by atoms with E-state index in [-0.39, 0.29) is 0 Å². The van der Waals surface area contributed by atoms with Gasteiger partial charge in [-0.3, -0.25) is 0 Å². The normalized spacial score (nSPS) is 10.9. The number of hydrogen-bond acceptors (Lipinski definition) is 1. The summed E-state index contributed by atoms with van der Waals surface area (Å²) in [6, 6.07) is 5.38. The summed E-state index contributed by atoms with van der Waals surface area (Å²) in [5.74, 6) is -0.866. The van der Waals surface area contributed by atoms with Crippen molar-refractivity contribution in [1.29, 1.82) is 0 Å². The van der Waals surface area contributed by atoms with Crippen LogP contribution in [0.1, 0.15) is 21.6 Å². The summed E-state index contributed by atoms with van der Waals surface area (Å²) in [6.07, 6.45) is 0. The summed E-state index contributed by atoms with van der Waals surface area (Å²) in [5, 5.41) is 9.95. The van der Waals surface area contributed by atoms with Crippen molar-refractivity contribution in [1.82, 2.24) is 4.57 Å². The van der Waals surface area contributed by atoms with Crippen LogP contribution in [0, 0.1) is 13.8 Å². The first-order valence-corrected chi connectivity index (χ1v) is 4.82. The van der Waals surface area contributed by atoms with Crippen LogP contribution in [0.25, 0.3) is 10.9 Å². The predicted molar refractivity (Wildman–Crippen MR) is 59.4 cm³/mol. The monoisotopic (exact) mass is 203 g/mol. The van der Waals surface area contributed by atoms with E-state index in [2.05, 4.69) is 0 Å². The summed E-state index contributed by atoms with van der Waals surface area (Å²) < 4.78 is 2.02. The molecule has 1 aromatic carbocycles. The highest BCUT2D eigenvalue weighted by atomic mass is 16.4. The smallest absolute Gasteiger partial charge is 0.336 e. The number of aromatic nitrogens is 1. The zero-order valence-electron chi connectivity index (χ0n) is 9.03. The lowest BCUT2D eigenvalue weighted by Gasteiger charge is -1.99. The highest BCUT2D eigenvalue weighted by Gasteiger charge is 2.15. The zero-order valence-corrected chi connectivity index (χ0v) is 9.03. The van der Waals surface area contributed by atoms with E-state index in [1.807, 2.05) is 31.5 Å². The Hall–Kier alpha value is -1.77. The molecule has 1 N–H and O–H groups in total. The van der Waals surface area contributed by atoms with Crippen LogP contribution in [0.3, 0.4) is 0 Å². The Morgan fingerprint density at radius 2 is 2.00 bits per heavy atom. The van der Waals surface area contributed by atoms with Crippen molar-refractivity contribution >= 4 is 16.9 Å².